The van der Waals surface area contributed by atoms with E-state index in [1.54, 1.807) is 4.90 Å². The van der Waals surface area contributed by atoms with E-state index < -0.39 is 0 Å². The maximum atomic E-state index is 12.6. The lowest BCUT2D eigenvalue weighted by molar-refractivity contribution is -0.133. The molecule has 1 amide bonds. The minimum absolute atomic E-state index is 0. The van der Waals surface area contributed by atoms with Crippen LogP contribution < -0.4 is 5.32 Å². The fourth-order valence-corrected chi connectivity index (χ4v) is 3.60. The minimum Gasteiger partial charge on any atom is -0.325 e. The van der Waals surface area contributed by atoms with Gasteiger partial charge >= 0.3 is 0 Å². The molecule has 1 aromatic rings. The van der Waals surface area contributed by atoms with Crippen molar-refractivity contribution in [1.29, 1.82) is 5.26 Å². The summed E-state index contributed by atoms with van der Waals surface area (Å²) in [6.45, 7) is 1.57. The molecule has 124 valence electrons. The minimum atomic E-state index is -0.232. The van der Waals surface area contributed by atoms with E-state index in [4.69, 9.17) is 16.9 Å². The average Bonchev–Trinajstić information content (AvgIpc) is 3.17. The highest BCUT2D eigenvalue weighted by Crippen LogP contribution is 2.24. The summed E-state index contributed by atoms with van der Waals surface area (Å²) in [6.07, 6.45) is 3.54. The summed E-state index contributed by atoms with van der Waals surface area (Å²) >= 11 is 5.90. The number of likely N-dealkylation sites (tertiary alicyclic amines) is 1. The zero-order valence-corrected chi connectivity index (χ0v) is 14.4. The number of nitrogens with one attached hydrogen (secondary N) is 1. The lowest BCUT2D eigenvalue weighted by atomic mass is 9.96. The summed E-state index contributed by atoms with van der Waals surface area (Å²) < 4.78 is 0. The Morgan fingerprint density at radius 2 is 2.13 bits per heavy atom. The Balaban J connectivity index is 0.00000192. The van der Waals surface area contributed by atoms with Gasteiger partial charge in [-0.25, -0.2) is 0 Å². The van der Waals surface area contributed by atoms with Gasteiger partial charge in [0.15, 0.2) is 0 Å². The molecule has 0 saturated carbocycles. The topological polar surface area (TPSA) is 56.1 Å². The normalized spacial score (nSPS) is 26.6. The molecule has 3 rings (SSSR count). The number of nitrogens with zero attached hydrogens (tertiary/aromatic N) is 2. The second-order valence-corrected chi connectivity index (χ2v) is 6.65. The zero-order chi connectivity index (χ0) is 15.5. The van der Waals surface area contributed by atoms with Crippen molar-refractivity contribution in [2.24, 2.45) is 5.92 Å². The smallest absolute Gasteiger partial charge is 0.240 e. The highest BCUT2D eigenvalue weighted by Gasteiger charge is 2.36. The number of amides is 1. The van der Waals surface area contributed by atoms with Gasteiger partial charge in [-0.15, -0.1) is 12.4 Å². The van der Waals surface area contributed by atoms with E-state index in [1.165, 1.54) is 5.56 Å². The molecule has 6 heteroatoms. The third-order valence-electron chi connectivity index (χ3n) is 4.64. The number of carbonyl (C=O) groups excluding carboxylic acids is 1. The maximum Gasteiger partial charge on any atom is 0.240 e. The van der Waals surface area contributed by atoms with Crippen molar-refractivity contribution in [3.05, 3.63) is 34.9 Å². The Hall–Kier alpha value is -1.28. The van der Waals surface area contributed by atoms with Gasteiger partial charge in [0.1, 0.15) is 6.04 Å². The first-order valence-corrected chi connectivity index (χ1v) is 8.23. The van der Waals surface area contributed by atoms with Crippen molar-refractivity contribution in [3.63, 3.8) is 0 Å². The summed E-state index contributed by atoms with van der Waals surface area (Å²) in [5, 5.41) is 13.2. The lowest BCUT2D eigenvalue weighted by Gasteiger charge is -2.23. The number of rotatable bonds is 3. The van der Waals surface area contributed by atoms with Crippen LogP contribution in [0.4, 0.5) is 0 Å². The SMILES string of the molecule is Cl.N#C[C@@H]1CCCN1C(=O)[C@@H]1C[C@H](Cc2ccc(Cl)cc2)CN1. The molecule has 1 aromatic carbocycles. The first-order chi connectivity index (χ1) is 10.7. The summed E-state index contributed by atoms with van der Waals surface area (Å²) in [7, 11) is 0. The number of hydrogen-bond acceptors (Lipinski definition) is 3. The predicted molar refractivity (Wildman–Crippen MR) is 92.6 cm³/mol. The van der Waals surface area contributed by atoms with Gasteiger partial charge in [-0.1, -0.05) is 23.7 Å². The van der Waals surface area contributed by atoms with Crippen LogP contribution in [0.2, 0.25) is 5.02 Å². The van der Waals surface area contributed by atoms with Gasteiger partial charge in [0.25, 0.3) is 0 Å². The van der Waals surface area contributed by atoms with E-state index in [0.717, 1.165) is 43.8 Å². The van der Waals surface area contributed by atoms with Crippen LogP contribution in [-0.4, -0.2) is 36.0 Å². The van der Waals surface area contributed by atoms with Crippen molar-refractivity contribution in [1.82, 2.24) is 10.2 Å². The molecule has 1 N–H and O–H groups in total. The van der Waals surface area contributed by atoms with E-state index in [-0.39, 0.29) is 30.4 Å². The molecule has 23 heavy (non-hydrogen) atoms. The van der Waals surface area contributed by atoms with Crippen molar-refractivity contribution in [2.45, 2.75) is 37.8 Å². The summed E-state index contributed by atoms with van der Waals surface area (Å²) in [5.74, 6) is 0.556. The average molecular weight is 354 g/mol. The molecule has 3 atom stereocenters. The Bertz CT molecular complexity index is 584. The molecule has 4 nitrogen and oxygen atoms in total. The third kappa shape index (κ3) is 4.17. The Morgan fingerprint density at radius 3 is 2.83 bits per heavy atom. The molecule has 2 aliphatic heterocycles. The molecule has 0 aliphatic carbocycles. The number of hydrogen-bond donors (Lipinski definition) is 1. The quantitative estimate of drug-likeness (QED) is 0.908. The van der Waals surface area contributed by atoms with Crippen LogP contribution >= 0.6 is 24.0 Å². The molecule has 2 fully saturated rings. The van der Waals surface area contributed by atoms with Crippen molar-refractivity contribution in [3.8, 4) is 6.07 Å². The van der Waals surface area contributed by atoms with Crippen molar-refractivity contribution < 1.29 is 4.79 Å². The first-order valence-electron chi connectivity index (χ1n) is 7.85. The molecule has 2 heterocycles. The lowest BCUT2D eigenvalue weighted by Crippen LogP contribution is -2.45. The second-order valence-electron chi connectivity index (χ2n) is 6.21. The fourth-order valence-electron chi connectivity index (χ4n) is 3.47. The highest BCUT2D eigenvalue weighted by atomic mass is 35.5. The standard InChI is InChI=1S/C17H20ClN3O.ClH/c18-14-5-3-12(4-6-14)8-13-9-16(20-11-13)17(22)21-7-1-2-15(21)10-19;/h3-6,13,15-16,20H,1-2,7-9,11H2;1H/t13-,15-,16-;/m0./s1. The third-order valence-corrected chi connectivity index (χ3v) is 4.89. The van der Waals surface area contributed by atoms with Gasteiger partial charge in [-0.3, -0.25) is 4.79 Å². The van der Waals surface area contributed by atoms with Gasteiger partial charge in [0.05, 0.1) is 12.1 Å². The molecule has 0 radical (unpaired) electrons. The van der Waals surface area contributed by atoms with Crippen LogP contribution in [0.1, 0.15) is 24.8 Å². The van der Waals surface area contributed by atoms with E-state index in [9.17, 15) is 4.79 Å². The molecule has 0 unspecified atom stereocenters. The zero-order valence-electron chi connectivity index (χ0n) is 12.9. The number of carbonyl (C=O) groups is 1. The summed E-state index contributed by atoms with van der Waals surface area (Å²) in [5.41, 5.74) is 1.25. The van der Waals surface area contributed by atoms with Crippen LogP contribution in [-0.2, 0) is 11.2 Å². The molecule has 0 aromatic heterocycles. The molecule has 0 spiro atoms. The number of nitriles is 1. The summed E-state index contributed by atoms with van der Waals surface area (Å²) in [4.78, 5) is 14.3. The molecular formula is C17H21Cl2N3O. The van der Waals surface area contributed by atoms with Crippen molar-refractivity contribution >= 4 is 29.9 Å². The Morgan fingerprint density at radius 1 is 1.39 bits per heavy atom. The van der Waals surface area contributed by atoms with Crippen molar-refractivity contribution in [2.75, 3.05) is 13.1 Å². The van der Waals surface area contributed by atoms with Gasteiger partial charge < -0.3 is 10.2 Å². The van der Waals surface area contributed by atoms with Crippen LogP contribution in [0, 0.1) is 17.2 Å². The fraction of sp³-hybridized carbons (Fsp3) is 0.529. The first kappa shape index (κ1) is 18.1. The predicted octanol–water partition coefficient (Wildman–Crippen LogP) is 2.80. The molecule has 2 saturated heterocycles. The van der Waals surface area contributed by atoms with Crippen LogP contribution in [0.25, 0.3) is 0 Å². The van der Waals surface area contributed by atoms with Gasteiger partial charge in [0, 0.05) is 11.6 Å². The maximum absolute atomic E-state index is 12.6. The van der Waals surface area contributed by atoms with E-state index in [1.807, 2.05) is 24.3 Å². The second kappa shape index (κ2) is 8.01. The van der Waals surface area contributed by atoms with Gasteiger partial charge in [-0.2, -0.15) is 5.26 Å². The Kier molecular flexibility index (Phi) is 6.29. The van der Waals surface area contributed by atoms with E-state index >= 15 is 0 Å². The molecular weight excluding hydrogens is 333 g/mol. The highest BCUT2D eigenvalue weighted by molar-refractivity contribution is 6.30. The van der Waals surface area contributed by atoms with E-state index in [2.05, 4.69) is 11.4 Å². The Labute approximate surface area is 148 Å². The molecule has 2 aliphatic rings. The van der Waals surface area contributed by atoms with Crippen LogP contribution in [0.5, 0.6) is 0 Å². The largest absolute Gasteiger partial charge is 0.325 e. The molecule has 0 bridgehead atoms. The van der Waals surface area contributed by atoms with Crippen LogP contribution in [0.3, 0.4) is 0 Å². The van der Waals surface area contributed by atoms with Gasteiger partial charge in [0.2, 0.25) is 5.91 Å². The van der Waals surface area contributed by atoms with Crippen LogP contribution in [0.15, 0.2) is 24.3 Å². The van der Waals surface area contributed by atoms with Gasteiger partial charge in [-0.05, 0) is 55.8 Å². The number of benzene rings is 1. The number of halogens is 2. The van der Waals surface area contributed by atoms with E-state index in [0.29, 0.717) is 5.92 Å². The monoisotopic (exact) mass is 353 g/mol. The summed E-state index contributed by atoms with van der Waals surface area (Å²) in [6, 6.07) is 9.78.